The van der Waals surface area contributed by atoms with Gasteiger partial charge in [-0.15, -0.1) is 11.3 Å². The number of carbonyl (C=O) groups is 1. The first-order valence-corrected chi connectivity index (χ1v) is 12.7. The van der Waals surface area contributed by atoms with Crippen LogP contribution in [0.1, 0.15) is 39.8 Å². The van der Waals surface area contributed by atoms with Crippen LogP contribution in [0.4, 0.5) is 24.5 Å². The molecule has 0 unspecified atom stereocenters. The maximum atomic E-state index is 13.1. The Kier molecular flexibility index (Phi) is 6.69. The van der Waals surface area contributed by atoms with Crippen LogP contribution in [0.2, 0.25) is 0 Å². The molecule has 0 spiro atoms. The summed E-state index contributed by atoms with van der Waals surface area (Å²) in [7, 11) is 0. The molecule has 2 saturated heterocycles. The molecule has 184 valence electrons. The summed E-state index contributed by atoms with van der Waals surface area (Å²) < 4.78 is 39.1. The third-order valence-corrected chi connectivity index (χ3v) is 7.82. The van der Waals surface area contributed by atoms with Crippen LogP contribution in [0.25, 0.3) is 0 Å². The number of anilines is 2. The van der Waals surface area contributed by atoms with E-state index >= 15 is 0 Å². The second-order valence-electron chi connectivity index (χ2n) is 9.00. The van der Waals surface area contributed by atoms with Gasteiger partial charge in [-0.1, -0.05) is 24.3 Å². The number of hydrogen-bond donors (Lipinski definition) is 0. The number of rotatable bonds is 4. The van der Waals surface area contributed by atoms with Gasteiger partial charge in [0.2, 0.25) is 0 Å². The van der Waals surface area contributed by atoms with E-state index in [1.54, 1.807) is 22.3 Å². The number of hydrogen-bond acceptors (Lipinski definition) is 5. The molecule has 9 heteroatoms. The molecular formula is C26H27F3N4OS. The summed E-state index contributed by atoms with van der Waals surface area (Å²) in [6, 6.07) is 15.8. The van der Waals surface area contributed by atoms with Crippen molar-refractivity contribution in [2.24, 2.45) is 0 Å². The van der Waals surface area contributed by atoms with Gasteiger partial charge < -0.3 is 14.7 Å². The van der Waals surface area contributed by atoms with Gasteiger partial charge in [0, 0.05) is 61.9 Å². The van der Waals surface area contributed by atoms with Gasteiger partial charge in [0.05, 0.1) is 10.6 Å². The molecule has 0 bridgehead atoms. The standard InChI is InChI=1S/C26H27F3N4OS/c27-26(28,29)20-5-4-8-22(17-20)32-13-15-33(16-14-32)25(34)23-18-35-24(30-23)19-9-11-31(12-10-19)21-6-2-1-3-7-21/h1-8,17-19H,9-16H2. The Morgan fingerprint density at radius 2 is 1.51 bits per heavy atom. The second-order valence-corrected chi connectivity index (χ2v) is 9.88. The summed E-state index contributed by atoms with van der Waals surface area (Å²) in [6.45, 7) is 3.82. The minimum atomic E-state index is -4.37. The number of halogens is 3. The van der Waals surface area contributed by atoms with E-state index in [2.05, 4.69) is 29.2 Å². The molecule has 2 aliphatic heterocycles. The lowest BCUT2D eigenvalue weighted by Crippen LogP contribution is -2.49. The molecule has 0 N–H and O–H groups in total. The summed E-state index contributed by atoms with van der Waals surface area (Å²) in [5, 5.41) is 2.86. The summed E-state index contributed by atoms with van der Waals surface area (Å²) in [6.07, 6.45) is -2.36. The van der Waals surface area contributed by atoms with Crippen LogP contribution < -0.4 is 9.80 Å². The summed E-state index contributed by atoms with van der Waals surface area (Å²) in [5.74, 6) is 0.261. The molecule has 0 atom stereocenters. The van der Waals surface area contributed by atoms with E-state index in [9.17, 15) is 18.0 Å². The SMILES string of the molecule is O=C(c1csc(C2CCN(c3ccccc3)CC2)n1)N1CCN(c2cccc(C(F)(F)F)c2)CC1. The van der Waals surface area contributed by atoms with Gasteiger partial charge in [-0.05, 0) is 43.2 Å². The highest BCUT2D eigenvalue weighted by atomic mass is 32.1. The highest BCUT2D eigenvalue weighted by molar-refractivity contribution is 7.09. The van der Waals surface area contributed by atoms with E-state index in [-0.39, 0.29) is 5.91 Å². The van der Waals surface area contributed by atoms with Crippen molar-refractivity contribution in [3.8, 4) is 0 Å². The number of piperidine rings is 1. The molecular weight excluding hydrogens is 473 g/mol. The molecule has 2 aliphatic rings. The van der Waals surface area contributed by atoms with E-state index in [0.29, 0.717) is 43.5 Å². The Morgan fingerprint density at radius 3 is 2.20 bits per heavy atom. The molecule has 1 aromatic heterocycles. The largest absolute Gasteiger partial charge is 0.416 e. The van der Waals surface area contributed by atoms with Crippen molar-refractivity contribution in [1.82, 2.24) is 9.88 Å². The van der Waals surface area contributed by atoms with Crippen molar-refractivity contribution in [2.45, 2.75) is 24.9 Å². The number of amides is 1. The normalized spacial score (nSPS) is 17.6. The molecule has 0 radical (unpaired) electrons. The van der Waals surface area contributed by atoms with Gasteiger partial charge in [0.1, 0.15) is 5.69 Å². The summed E-state index contributed by atoms with van der Waals surface area (Å²) in [4.78, 5) is 23.8. The van der Waals surface area contributed by atoms with Gasteiger partial charge in [-0.3, -0.25) is 4.79 Å². The summed E-state index contributed by atoms with van der Waals surface area (Å²) in [5.41, 5.74) is 1.59. The third-order valence-electron chi connectivity index (χ3n) is 6.81. The Morgan fingerprint density at radius 1 is 0.857 bits per heavy atom. The first-order chi connectivity index (χ1) is 16.9. The van der Waals surface area contributed by atoms with Crippen LogP contribution in [0.5, 0.6) is 0 Å². The fourth-order valence-corrected chi connectivity index (χ4v) is 5.77. The van der Waals surface area contributed by atoms with E-state index < -0.39 is 11.7 Å². The zero-order chi connectivity index (χ0) is 24.4. The number of alkyl halides is 3. The zero-order valence-corrected chi connectivity index (χ0v) is 20.1. The fraction of sp³-hybridized carbons (Fsp3) is 0.385. The topological polar surface area (TPSA) is 39.7 Å². The monoisotopic (exact) mass is 500 g/mol. The third kappa shape index (κ3) is 5.29. The highest BCUT2D eigenvalue weighted by Crippen LogP contribution is 2.33. The number of aromatic nitrogens is 1. The van der Waals surface area contributed by atoms with Gasteiger partial charge in [-0.2, -0.15) is 13.2 Å². The molecule has 0 saturated carbocycles. The van der Waals surface area contributed by atoms with Crippen molar-refractivity contribution in [3.05, 3.63) is 76.2 Å². The maximum Gasteiger partial charge on any atom is 0.416 e. The highest BCUT2D eigenvalue weighted by Gasteiger charge is 2.32. The Bertz CT molecular complexity index is 1150. The molecule has 5 rings (SSSR count). The van der Waals surface area contributed by atoms with Gasteiger partial charge >= 0.3 is 6.18 Å². The first-order valence-electron chi connectivity index (χ1n) is 11.9. The van der Waals surface area contributed by atoms with Crippen LogP contribution in [-0.2, 0) is 6.18 Å². The van der Waals surface area contributed by atoms with Crippen LogP contribution in [0, 0.1) is 0 Å². The van der Waals surface area contributed by atoms with Gasteiger partial charge in [-0.25, -0.2) is 4.98 Å². The van der Waals surface area contributed by atoms with E-state index in [0.717, 1.165) is 37.0 Å². The van der Waals surface area contributed by atoms with Crippen molar-refractivity contribution in [2.75, 3.05) is 49.1 Å². The van der Waals surface area contributed by atoms with Crippen molar-refractivity contribution in [3.63, 3.8) is 0 Å². The minimum Gasteiger partial charge on any atom is -0.371 e. The predicted octanol–water partition coefficient (Wildman–Crippen LogP) is 5.51. The fourth-order valence-electron chi connectivity index (χ4n) is 4.81. The van der Waals surface area contributed by atoms with Gasteiger partial charge in [0.15, 0.2) is 0 Å². The van der Waals surface area contributed by atoms with E-state index in [1.807, 2.05) is 16.3 Å². The lowest BCUT2D eigenvalue weighted by atomic mass is 9.97. The van der Waals surface area contributed by atoms with Crippen LogP contribution in [-0.4, -0.2) is 55.1 Å². The maximum absolute atomic E-state index is 13.1. The molecule has 3 heterocycles. The lowest BCUT2D eigenvalue weighted by Gasteiger charge is -2.36. The van der Waals surface area contributed by atoms with E-state index in [1.165, 1.54) is 17.8 Å². The zero-order valence-electron chi connectivity index (χ0n) is 19.2. The Balaban J connectivity index is 1.16. The average Bonchev–Trinajstić information content (AvgIpc) is 3.39. The van der Waals surface area contributed by atoms with Crippen LogP contribution in [0.3, 0.4) is 0 Å². The predicted molar refractivity (Wildman–Crippen MR) is 132 cm³/mol. The molecule has 3 aromatic rings. The Labute approximate surface area is 206 Å². The second kappa shape index (κ2) is 9.89. The van der Waals surface area contributed by atoms with Gasteiger partial charge in [0.25, 0.3) is 5.91 Å². The van der Waals surface area contributed by atoms with Crippen molar-refractivity contribution >= 4 is 28.6 Å². The Hall–Kier alpha value is -3.07. The molecule has 5 nitrogen and oxygen atoms in total. The van der Waals surface area contributed by atoms with Crippen molar-refractivity contribution < 1.29 is 18.0 Å². The molecule has 35 heavy (non-hydrogen) atoms. The number of thiazole rings is 1. The smallest absolute Gasteiger partial charge is 0.371 e. The average molecular weight is 501 g/mol. The number of nitrogens with zero attached hydrogens (tertiary/aromatic N) is 4. The molecule has 1 amide bonds. The summed E-state index contributed by atoms with van der Waals surface area (Å²) >= 11 is 1.55. The lowest BCUT2D eigenvalue weighted by molar-refractivity contribution is -0.137. The number of benzene rings is 2. The van der Waals surface area contributed by atoms with Crippen LogP contribution >= 0.6 is 11.3 Å². The number of carbonyl (C=O) groups excluding carboxylic acids is 1. The minimum absolute atomic E-state index is 0.0992. The quantitative estimate of drug-likeness (QED) is 0.474. The van der Waals surface area contributed by atoms with Crippen molar-refractivity contribution in [1.29, 1.82) is 0 Å². The number of para-hydroxylation sites is 1. The first kappa shape index (κ1) is 23.7. The number of piperazine rings is 1. The molecule has 0 aliphatic carbocycles. The van der Waals surface area contributed by atoms with E-state index in [4.69, 9.17) is 4.98 Å². The van der Waals surface area contributed by atoms with Crippen LogP contribution in [0.15, 0.2) is 60.0 Å². The molecule has 2 fully saturated rings. The molecule has 2 aromatic carbocycles.